The fourth-order valence-corrected chi connectivity index (χ4v) is 2.99. The summed E-state index contributed by atoms with van der Waals surface area (Å²) in [5.74, 6) is -0.0331. The van der Waals surface area contributed by atoms with Gasteiger partial charge in [0.1, 0.15) is 0 Å². The van der Waals surface area contributed by atoms with Crippen molar-refractivity contribution in [3.8, 4) is 0 Å². The van der Waals surface area contributed by atoms with E-state index in [1.54, 1.807) is 0 Å². The minimum atomic E-state index is -0.0331. The zero-order chi connectivity index (χ0) is 12.8. The predicted octanol–water partition coefficient (Wildman–Crippen LogP) is 4.51. The number of hydrogen-bond acceptors (Lipinski definition) is 1. The van der Waals surface area contributed by atoms with Crippen molar-refractivity contribution in [3.63, 3.8) is 0 Å². The number of amides is 1. The molecular weight excluding hydrogens is 414 g/mol. The summed E-state index contributed by atoms with van der Waals surface area (Å²) in [5.41, 5.74) is 0.665. The van der Waals surface area contributed by atoms with Gasteiger partial charge in [-0.25, -0.2) is 0 Å². The summed E-state index contributed by atoms with van der Waals surface area (Å²) >= 11 is 10.2. The van der Waals surface area contributed by atoms with E-state index in [0.29, 0.717) is 16.9 Å². The first-order valence-corrected chi connectivity index (χ1v) is 7.87. The second kappa shape index (κ2) is 7.54. The Morgan fingerprint density at radius 1 is 1.29 bits per heavy atom. The Balaban J connectivity index is 2.47. The fraction of sp³-hybridized carbons (Fsp3) is 0.417. The molecule has 0 saturated carbocycles. The average Bonchev–Trinajstić information content (AvgIpc) is 2.22. The highest BCUT2D eigenvalue weighted by atomic mass is 79.9. The van der Waals surface area contributed by atoms with Gasteiger partial charge in [0, 0.05) is 25.9 Å². The molecule has 1 rings (SSSR count). The van der Waals surface area contributed by atoms with Crippen molar-refractivity contribution in [2.75, 3.05) is 6.54 Å². The Morgan fingerprint density at radius 2 is 1.88 bits per heavy atom. The molecule has 1 N–H and O–H groups in total. The monoisotopic (exact) mass is 425 g/mol. The van der Waals surface area contributed by atoms with Gasteiger partial charge in [-0.1, -0.05) is 54.7 Å². The molecule has 0 spiro atoms. The first kappa shape index (κ1) is 15.2. The third-order valence-electron chi connectivity index (χ3n) is 2.19. The van der Waals surface area contributed by atoms with E-state index < -0.39 is 0 Å². The van der Waals surface area contributed by atoms with E-state index in [9.17, 15) is 4.79 Å². The highest BCUT2D eigenvalue weighted by Crippen LogP contribution is 2.20. The van der Waals surface area contributed by atoms with Crippen molar-refractivity contribution in [1.29, 1.82) is 0 Å². The molecule has 0 aromatic heterocycles. The lowest BCUT2D eigenvalue weighted by Gasteiger charge is -2.07. The molecule has 1 aromatic rings. The normalized spacial score (nSPS) is 12.2. The zero-order valence-electron chi connectivity index (χ0n) is 9.47. The predicted molar refractivity (Wildman–Crippen MR) is 81.8 cm³/mol. The molecule has 17 heavy (non-hydrogen) atoms. The van der Waals surface area contributed by atoms with Crippen molar-refractivity contribution in [3.05, 3.63) is 32.7 Å². The molecule has 94 valence electrons. The molecule has 2 nitrogen and oxygen atoms in total. The van der Waals surface area contributed by atoms with Gasteiger partial charge in [0.15, 0.2) is 0 Å². The quantitative estimate of drug-likeness (QED) is 0.543. The van der Waals surface area contributed by atoms with E-state index in [1.807, 2.05) is 18.2 Å². The topological polar surface area (TPSA) is 29.1 Å². The maximum Gasteiger partial charge on any atom is 0.251 e. The third kappa shape index (κ3) is 6.02. The van der Waals surface area contributed by atoms with Gasteiger partial charge in [0.2, 0.25) is 0 Å². The molecule has 0 aliphatic rings. The number of benzene rings is 1. The summed E-state index contributed by atoms with van der Waals surface area (Å²) in [5, 5.41) is 2.91. The molecule has 1 atom stereocenters. The fourth-order valence-electron chi connectivity index (χ4n) is 1.37. The second-order valence-electron chi connectivity index (χ2n) is 3.84. The molecule has 0 radical (unpaired) electrons. The highest BCUT2D eigenvalue weighted by Gasteiger charge is 2.07. The molecule has 0 fully saturated rings. The van der Waals surface area contributed by atoms with Crippen LogP contribution in [0.25, 0.3) is 0 Å². The molecule has 1 amide bonds. The van der Waals surface area contributed by atoms with Gasteiger partial charge in [-0.3, -0.25) is 4.79 Å². The Kier molecular flexibility index (Phi) is 6.74. The van der Waals surface area contributed by atoms with Gasteiger partial charge in [0.05, 0.1) is 0 Å². The molecule has 1 aromatic carbocycles. The SMILES string of the molecule is CC(Br)CCCNC(=O)c1cc(Br)cc(Br)c1. The van der Waals surface area contributed by atoms with Gasteiger partial charge >= 0.3 is 0 Å². The first-order chi connectivity index (χ1) is 7.99. The van der Waals surface area contributed by atoms with Crippen LogP contribution in [0.4, 0.5) is 0 Å². The molecule has 5 heteroatoms. The molecular formula is C12H14Br3NO. The van der Waals surface area contributed by atoms with Crippen LogP contribution < -0.4 is 5.32 Å². The van der Waals surface area contributed by atoms with Crippen molar-refractivity contribution in [2.45, 2.75) is 24.6 Å². The van der Waals surface area contributed by atoms with E-state index in [-0.39, 0.29) is 5.91 Å². The smallest absolute Gasteiger partial charge is 0.251 e. The van der Waals surface area contributed by atoms with Crippen LogP contribution >= 0.6 is 47.8 Å². The van der Waals surface area contributed by atoms with E-state index in [0.717, 1.165) is 21.8 Å². The van der Waals surface area contributed by atoms with Crippen molar-refractivity contribution in [1.82, 2.24) is 5.32 Å². The van der Waals surface area contributed by atoms with Gasteiger partial charge in [-0.05, 0) is 31.0 Å². The van der Waals surface area contributed by atoms with Crippen LogP contribution in [0.5, 0.6) is 0 Å². The maximum atomic E-state index is 11.8. The standard InChI is InChI=1S/C12H14Br3NO/c1-8(13)3-2-4-16-12(17)9-5-10(14)7-11(15)6-9/h5-8H,2-4H2,1H3,(H,16,17). The van der Waals surface area contributed by atoms with Crippen LogP contribution in [-0.2, 0) is 0 Å². The first-order valence-electron chi connectivity index (χ1n) is 5.37. The molecule has 0 aliphatic heterocycles. The van der Waals surface area contributed by atoms with Crippen LogP contribution in [0, 0.1) is 0 Å². The zero-order valence-corrected chi connectivity index (χ0v) is 14.2. The molecule has 0 heterocycles. The van der Waals surface area contributed by atoms with Gasteiger partial charge in [0.25, 0.3) is 5.91 Å². The van der Waals surface area contributed by atoms with E-state index in [2.05, 4.69) is 60.0 Å². The third-order valence-corrected chi connectivity index (χ3v) is 3.56. The van der Waals surface area contributed by atoms with Crippen LogP contribution in [0.3, 0.4) is 0 Å². The molecule has 1 unspecified atom stereocenters. The second-order valence-corrected chi connectivity index (χ2v) is 7.23. The van der Waals surface area contributed by atoms with Crippen LogP contribution in [-0.4, -0.2) is 17.3 Å². The number of nitrogens with one attached hydrogen (secondary N) is 1. The minimum Gasteiger partial charge on any atom is -0.352 e. The lowest BCUT2D eigenvalue weighted by molar-refractivity contribution is 0.0953. The van der Waals surface area contributed by atoms with Crippen LogP contribution in [0.15, 0.2) is 27.1 Å². The maximum absolute atomic E-state index is 11.8. The summed E-state index contributed by atoms with van der Waals surface area (Å²) in [4.78, 5) is 12.3. The molecule has 0 saturated heterocycles. The summed E-state index contributed by atoms with van der Waals surface area (Å²) in [6.45, 7) is 2.81. The highest BCUT2D eigenvalue weighted by molar-refractivity contribution is 9.11. The summed E-state index contributed by atoms with van der Waals surface area (Å²) < 4.78 is 1.79. The number of carbonyl (C=O) groups is 1. The number of rotatable bonds is 5. The van der Waals surface area contributed by atoms with Gasteiger partial charge in [-0.2, -0.15) is 0 Å². The van der Waals surface area contributed by atoms with Gasteiger partial charge in [-0.15, -0.1) is 0 Å². The lowest BCUT2D eigenvalue weighted by atomic mass is 10.2. The Labute approximate surface area is 127 Å². The summed E-state index contributed by atoms with van der Waals surface area (Å²) in [7, 11) is 0. The molecule has 0 aliphatic carbocycles. The number of alkyl halides is 1. The van der Waals surface area contributed by atoms with Crippen LogP contribution in [0.1, 0.15) is 30.1 Å². The van der Waals surface area contributed by atoms with Gasteiger partial charge < -0.3 is 5.32 Å². The Hall–Kier alpha value is 0.130. The molecule has 0 bridgehead atoms. The van der Waals surface area contributed by atoms with Crippen molar-refractivity contribution < 1.29 is 4.79 Å². The Bertz CT molecular complexity index is 373. The number of halogens is 3. The average molecular weight is 428 g/mol. The van der Waals surface area contributed by atoms with Crippen LogP contribution in [0.2, 0.25) is 0 Å². The number of carbonyl (C=O) groups excluding carboxylic acids is 1. The van der Waals surface area contributed by atoms with E-state index in [1.165, 1.54) is 0 Å². The largest absolute Gasteiger partial charge is 0.352 e. The Morgan fingerprint density at radius 3 is 2.41 bits per heavy atom. The van der Waals surface area contributed by atoms with E-state index >= 15 is 0 Å². The summed E-state index contributed by atoms with van der Waals surface area (Å²) in [6, 6.07) is 5.53. The summed E-state index contributed by atoms with van der Waals surface area (Å²) in [6.07, 6.45) is 2.04. The minimum absolute atomic E-state index is 0.0331. The number of hydrogen-bond donors (Lipinski definition) is 1. The van der Waals surface area contributed by atoms with E-state index in [4.69, 9.17) is 0 Å². The van der Waals surface area contributed by atoms with Crippen molar-refractivity contribution in [2.24, 2.45) is 0 Å². The lowest BCUT2D eigenvalue weighted by Crippen LogP contribution is -2.24. The van der Waals surface area contributed by atoms with Crippen molar-refractivity contribution >= 4 is 53.7 Å².